The van der Waals surface area contributed by atoms with E-state index < -0.39 is 15.3 Å². The van der Waals surface area contributed by atoms with E-state index in [1.807, 2.05) is 6.07 Å². The van der Waals surface area contributed by atoms with Crippen LogP contribution in [0.1, 0.15) is 39.5 Å². The second-order valence-corrected chi connectivity index (χ2v) is 6.62. The molecule has 1 heterocycles. The van der Waals surface area contributed by atoms with E-state index in [1.165, 1.54) is 4.31 Å². The maximum absolute atomic E-state index is 12.1. The summed E-state index contributed by atoms with van der Waals surface area (Å²) in [7, 11) is -3.40. The van der Waals surface area contributed by atoms with Crippen molar-refractivity contribution in [1.29, 1.82) is 5.26 Å². The van der Waals surface area contributed by atoms with Crippen molar-refractivity contribution in [3.63, 3.8) is 0 Å². The topological polar surface area (TPSA) is 61.2 Å². The van der Waals surface area contributed by atoms with E-state index >= 15 is 0 Å². The van der Waals surface area contributed by atoms with E-state index in [0.29, 0.717) is 25.4 Å². The molecule has 0 aromatic heterocycles. The number of hydrogen-bond donors (Lipinski definition) is 0. The summed E-state index contributed by atoms with van der Waals surface area (Å²) >= 11 is 0. The molecule has 1 rings (SSSR count). The van der Waals surface area contributed by atoms with Gasteiger partial charge in [0, 0.05) is 13.1 Å². The zero-order chi connectivity index (χ0) is 12.2. The van der Waals surface area contributed by atoms with Gasteiger partial charge in [0.05, 0.1) is 6.07 Å². The number of sulfonamides is 1. The normalized spacial score (nSPS) is 25.7. The Morgan fingerprint density at radius 1 is 1.44 bits per heavy atom. The molecule has 1 aliphatic heterocycles. The Balaban J connectivity index is 2.79. The molecule has 1 aliphatic rings. The highest BCUT2D eigenvalue weighted by Gasteiger charge is 2.31. The van der Waals surface area contributed by atoms with Gasteiger partial charge in [-0.3, -0.25) is 0 Å². The van der Waals surface area contributed by atoms with Crippen molar-refractivity contribution >= 4 is 10.0 Å². The van der Waals surface area contributed by atoms with Crippen LogP contribution in [0, 0.1) is 17.2 Å². The minimum absolute atomic E-state index is 0.366. The largest absolute Gasteiger partial charge is 0.230 e. The fourth-order valence-electron chi connectivity index (χ4n) is 2.04. The molecule has 0 N–H and O–H groups in total. The van der Waals surface area contributed by atoms with Crippen LogP contribution in [-0.4, -0.2) is 31.1 Å². The summed E-state index contributed by atoms with van der Waals surface area (Å²) in [5.41, 5.74) is 0. The number of rotatable bonds is 3. The van der Waals surface area contributed by atoms with Crippen LogP contribution in [0.3, 0.4) is 0 Å². The van der Waals surface area contributed by atoms with Crippen LogP contribution < -0.4 is 0 Å². The van der Waals surface area contributed by atoms with Gasteiger partial charge in [-0.15, -0.1) is 0 Å². The highest BCUT2D eigenvalue weighted by molar-refractivity contribution is 7.90. The number of hydrogen-bond acceptors (Lipinski definition) is 3. The molecule has 4 nitrogen and oxygen atoms in total. The maximum atomic E-state index is 12.1. The van der Waals surface area contributed by atoms with Crippen LogP contribution in [0.2, 0.25) is 0 Å². The second-order valence-electron chi connectivity index (χ2n) is 4.51. The molecule has 0 amide bonds. The van der Waals surface area contributed by atoms with E-state index in [9.17, 15) is 8.42 Å². The third-order valence-electron chi connectivity index (χ3n) is 3.21. The van der Waals surface area contributed by atoms with Crippen LogP contribution >= 0.6 is 0 Å². The molecule has 2 atom stereocenters. The lowest BCUT2D eigenvalue weighted by molar-refractivity contribution is 0.412. The first-order chi connectivity index (χ1) is 7.52. The monoisotopic (exact) mass is 244 g/mol. The van der Waals surface area contributed by atoms with Gasteiger partial charge in [-0.25, -0.2) is 12.7 Å². The molecule has 0 aromatic rings. The zero-order valence-corrected chi connectivity index (χ0v) is 10.8. The number of nitriles is 1. The summed E-state index contributed by atoms with van der Waals surface area (Å²) in [6, 6.07) is 1.89. The van der Waals surface area contributed by atoms with E-state index in [0.717, 1.165) is 19.3 Å². The summed E-state index contributed by atoms with van der Waals surface area (Å²) in [5, 5.41) is 7.98. The average molecular weight is 244 g/mol. The molecule has 2 unspecified atom stereocenters. The lowest BCUT2D eigenvalue weighted by Gasteiger charge is -2.22. The van der Waals surface area contributed by atoms with Gasteiger partial charge in [0.25, 0.3) is 0 Å². The molecular weight excluding hydrogens is 224 g/mol. The second kappa shape index (κ2) is 5.65. The predicted octanol–water partition coefficient (Wildman–Crippen LogP) is 1.74. The molecule has 92 valence electrons. The fraction of sp³-hybridized carbons (Fsp3) is 0.909. The Labute approximate surface area is 98.3 Å². The van der Waals surface area contributed by atoms with Crippen molar-refractivity contribution in [3.8, 4) is 6.07 Å². The van der Waals surface area contributed by atoms with Gasteiger partial charge in [-0.1, -0.05) is 13.8 Å². The summed E-state index contributed by atoms with van der Waals surface area (Å²) < 4.78 is 25.7. The average Bonchev–Trinajstić information content (AvgIpc) is 2.44. The summed E-state index contributed by atoms with van der Waals surface area (Å²) in [4.78, 5) is 0. The van der Waals surface area contributed by atoms with E-state index in [4.69, 9.17) is 5.26 Å². The maximum Gasteiger partial charge on any atom is 0.230 e. The van der Waals surface area contributed by atoms with Gasteiger partial charge in [0.2, 0.25) is 10.0 Å². The molecule has 5 heteroatoms. The Morgan fingerprint density at radius 3 is 2.69 bits per heavy atom. The molecule has 0 aromatic carbocycles. The van der Waals surface area contributed by atoms with Gasteiger partial charge in [-0.2, -0.15) is 5.26 Å². The molecule has 0 saturated carbocycles. The molecule has 1 saturated heterocycles. The van der Waals surface area contributed by atoms with Gasteiger partial charge >= 0.3 is 0 Å². The Hall–Kier alpha value is -0.600. The standard InChI is InChI=1S/C11H20N2O2S/c1-3-11(9-12)16(14,15)13-7-4-5-10(2)6-8-13/h10-11H,3-8H2,1-2H3. The van der Waals surface area contributed by atoms with Crippen molar-refractivity contribution in [2.24, 2.45) is 5.92 Å². The third-order valence-corrected chi connectivity index (χ3v) is 5.45. The summed E-state index contributed by atoms with van der Waals surface area (Å²) in [5.74, 6) is 0.586. The summed E-state index contributed by atoms with van der Waals surface area (Å²) in [6.07, 6.45) is 3.25. The van der Waals surface area contributed by atoms with Crippen molar-refractivity contribution in [3.05, 3.63) is 0 Å². The van der Waals surface area contributed by atoms with Crippen LogP contribution in [0.4, 0.5) is 0 Å². The quantitative estimate of drug-likeness (QED) is 0.759. The predicted molar refractivity (Wildman–Crippen MR) is 63.2 cm³/mol. The molecule has 1 fully saturated rings. The minimum atomic E-state index is -3.40. The van der Waals surface area contributed by atoms with Gasteiger partial charge in [0.1, 0.15) is 0 Å². The lowest BCUT2D eigenvalue weighted by atomic mass is 10.0. The van der Waals surface area contributed by atoms with Crippen molar-refractivity contribution < 1.29 is 8.42 Å². The Bertz CT molecular complexity index is 359. The Kier molecular flexibility index (Phi) is 4.75. The van der Waals surface area contributed by atoms with Crippen LogP contribution in [-0.2, 0) is 10.0 Å². The number of nitrogens with zero attached hydrogens (tertiary/aromatic N) is 2. The molecular formula is C11H20N2O2S. The van der Waals surface area contributed by atoms with E-state index in [2.05, 4.69) is 6.92 Å². The molecule has 16 heavy (non-hydrogen) atoms. The SMILES string of the molecule is CCC(C#N)S(=O)(=O)N1CCCC(C)CC1. The first-order valence-electron chi connectivity index (χ1n) is 5.91. The van der Waals surface area contributed by atoms with Crippen molar-refractivity contribution in [2.75, 3.05) is 13.1 Å². The van der Waals surface area contributed by atoms with Gasteiger partial charge < -0.3 is 0 Å². The first kappa shape index (κ1) is 13.5. The van der Waals surface area contributed by atoms with Crippen LogP contribution in [0.5, 0.6) is 0 Å². The van der Waals surface area contributed by atoms with Crippen LogP contribution in [0.25, 0.3) is 0 Å². The molecule has 0 spiro atoms. The first-order valence-corrected chi connectivity index (χ1v) is 7.41. The van der Waals surface area contributed by atoms with E-state index in [-0.39, 0.29) is 0 Å². The lowest BCUT2D eigenvalue weighted by Crippen LogP contribution is -2.38. The summed E-state index contributed by atoms with van der Waals surface area (Å²) in [6.45, 7) is 5.04. The van der Waals surface area contributed by atoms with Crippen molar-refractivity contribution in [1.82, 2.24) is 4.31 Å². The highest BCUT2D eigenvalue weighted by Crippen LogP contribution is 2.21. The Morgan fingerprint density at radius 2 is 2.12 bits per heavy atom. The zero-order valence-electron chi connectivity index (χ0n) is 10.0. The van der Waals surface area contributed by atoms with Gasteiger partial charge in [-0.05, 0) is 31.6 Å². The molecule has 0 aliphatic carbocycles. The fourth-order valence-corrected chi connectivity index (χ4v) is 3.70. The van der Waals surface area contributed by atoms with E-state index in [1.54, 1.807) is 6.92 Å². The molecule has 0 radical (unpaired) electrons. The van der Waals surface area contributed by atoms with Crippen LogP contribution in [0.15, 0.2) is 0 Å². The molecule has 0 bridgehead atoms. The smallest absolute Gasteiger partial charge is 0.211 e. The minimum Gasteiger partial charge on any atom is -0.211 e. The third kappa shape index (κ3) is 2.96. The van der Waals surface area contributed by atoms with Gasteiger partial charge in [0.15, 0.2) is 5.25 Å². The van der Waals surface area contributed by atoms with Crippen molar-refractivity contribution in [2.45, 2.75) is 44.8 Å². The highest BCUT2D eigenvalue weighted by atomic mass is 32.2.